The predicted octanol–water partition coefficient (Wildman–Crippen LogP) is 0.697. The molecule has 2 fully saturated rings. The molecule has 0 bridgehead atoms. The summed E-state index contributed by atoms with van der Waals surface area (Å²) in [5.41, 5.74) is 5.28. The lowest BCUT2D eigenvalue weighted by Gasteiger charge is -2.34. The zero-order valence-corrected chi connectivity index (χ0v) is 13.4. The Kier molecular flexibility index (Phi) is 6.64. The Morgan fingerprint density at radius 1 is 1.14 bits per heavy atom. The molecule has 1 heterocycles. The van der Waals surface area contributed by atoms with Gasteiger partial charge in [-0.25, -0.2) is 0 Å². The maximum absolute atomic E-state index is 12.3. The normalized spacial score (nSPS) is 22.0. The molecule has 0 aromatic carbocycles. The van der Waals surface area contributed by atoms with E-state index in [0.29, 0.717) is 51.6 Å². The molecule has 2 rings (SSSR count). The minimum Gasteiger partial charge on any atom is -0.381 e. The Morgan fingerprint density at radius 2 is 1.82 bits per heavy atom. The van der Waals surface area contributed by atoms with Crippen LogP contribution in [0.15, 0.2) is 0 Å². The summed E-state index contributed by atoms with van der Waals surface area (Å²) < 4.78 is 5.30. The fraction of sp³-hybridized carbons (Fsp3) is 0.875. The maximum atomic E-state index is 12.3. The second-order valence-electron chi connectivity index (χ2n) is 6.51. The van der Waals surface area contributed by atoms with Crippen molar-refractivity contribution >= 4 is 11.8 Å². The Balaban J connectivity index is 1.68. The third kappa shape index (κ3) is 4.68. The highest BCUT2D eigenvalue weighted by Gasteiger charge is 2.38. The van der Waals surface area contributed by atoms with Gasteiger partial charge in [0.05, 0.1) is 5.41 Å². The first-order valence-corrected chi connectivity index (χ1v) is 8.52. The van der Waals surface area contributed by atoms with Crippen LogP contribution in [0.2, 0.25) is 0 Å². The number of nitrogens with two attached hydrogens (primary N) is 1. The van der Waals surface area contributed by atoms with Crippen LogP contribution in [0.1, 0.15) is 51.4 Å². The van der Waals surface area contributed by atoms with Crippen LogP contribution in [-0.4, -0.2) is 44.2 Å². The van der Waals surface area contributed by atoms with Gasteiger partial charge in [-0.2, -0.15) is 0 Å². The molecule has 1 saturated heterocycles. The monoisotopic (exact) mass is 311 g/mol. The zero-order valence-electron chi connectivity index (χ0n) is 13.4. The Morgan fingerprint density at radius 3 is 2.45 bits per heavy atom. The van der Waals surface area contributed by atoms with Crippen LogP contribution >= 0.6 is 0 Å². The van der Waals surface area contributed by atoms with Crippen molar-refractivity contribution in [3.05, 3.63) is 0 Å². The van der Waals surface area contributed by atoms with Crippen LogP contribution in [0.3, 0.4) is 0 Å². The second-order valence-corrected chi connectivity index (χ2v) is 6.51. The lowest BCUT2D eigenvalue weighted by Crippen LogP contribution is -2.49. The van der Waals surface area contributed by atoms with Crippen LogP contribution in [-0.2, 0) is 14.3 Å². The van der Waals surface area contributed by atoms with Gasteiger partial charge in [-0.1, -0.05) is 19.3 Å². The predicted molar refractivity (Wildman–Crippen MR) is 84.2 cm³/mol. The van der Waals surface area contributed by atoms with Crippen LogP contribution < -0.4 is 16.4 Å². The van der Waals surface area contributed by atoms with E-state index in [1.165, 1.54) is 19.3 Å². The van der Waals surface area contributed by atoms with E-state index in [0.717, 1.165) is 12.8 Å². The van der Waals surface area contributed by atoms with Gasteiger partial charge in [0.15, 0.2) is 0 Å². The van der Waals surface area contributed by atoms with Gasteiger partial charge in [0, 0.05) is 38.8 Å². The molecule has 22 heavy (non-hydrogen) atoms. The van der Waals surface area contributed by atoms with Crippen molar-refractivity contribution in [1.29, 1.82) is 0 Å². The molecule has 0 radical (unpaired) electrons. The van der Waals surface area contributed by atoms with Gasteiger partial charge in [0.25, 0.3) is 0 Å². The molecule has 2 aliphatic rings. The number of nitrogens with one attached hydrogen (secondary N) is 2. The van der Waals surface area contributed by atoms with Gasteiger partial charge >= 0.3 is 0 Å². The molecule has 126 valence electrons. The first kappa shape index (κ1) is 17.2. The average molecular weight is 311 g/mol. The third-order valence-corrected chi connectivity index (χ3v) is 4.93. The van der Waals surface area contributed by atoms with Gasteiger partial charge in [0.1, 0.15) is 0 Å². The fourth-order valence-corrected chi connectivity index (χ4v) is 3.31. The summed E-state index contributed by atoms with van der Waals surface area (Å²) in [6, 6.07) is 0.322. The van der Waals surface area contributed by atoms with E-state index in [4.69, 9.17) is 10.5 Å². The molecule has 4 N–H and O–H groups in total. The highest BCUT2D eigenvalue weighted by molar-refractivity contribution is 5.84. The highest BCUT2D eigenvalue weighted by Crippen LogP contribution is 2.29. The lowest BCUT2D eigenvalue weighted by atomic mass is 9.79. The van der Waals surface area contributed by atoms with E-state index >= 15 is 0 Å². The quantitative estimate of drug-likeness (QED) is 0.673. The summed E-state index contributed by atoms with van der Waals surface area (Å²) in [5.74, 6) is -0.00950. The van der Waals surface area contributed by atoms with E-state index in [-0.39, 0.29) is 11.8 Å². The largest absolute Gasteiger partial charge is 0.381 e. The number of carbonyl (C=O) groups excluding carboxylic acids is 2. The van der Waals surface area contributed by atoms with Crippen molar-refractivity contribution in [2.75, 3.05) is 26.3 Å². The zero-order chi connectivity index (χ0) is 15.8. The highest BCUT2D eigenvalue weighted by atomic mass is 16.5. The molecule has 2 amide bonds. The van der Waals surface area contributed by atoms with Crippen molar-refractivity contribution in [3.63, 3.8) is 0 Å². The van der Waals surface area contributed by atoms with Crippen LogP contribution in [0.25, 0.3) is 0 Å². The van der Waals surface area contributed by atoms with Gasteiger partial charge in [-0.3, -0.25) is 9.59 Å². The number of ether oxygens (including phenoxy) is 1. The number of rotatable bonds is 6. The van der Waals surface area contributed by atoms with Crippen molar-refractivity contribution in [3.8, 4) is 0 Å². The van der Waals surface area contributed by atoms with Gasteiger partial charge in [0.2, 0.25) is 11.8 Å². The number of hydrogen-bond acceptors (Lipinski definition) is 4. The molecule has 0 atom stereocenters. The van der Waals surface area contributed by atoms with Gasteiger partial charge < -0.3 is 21.1 Å². The second kappa shape index (κ2) is 8.48. The number of hydrogen-bond donors (Lipinski definition) is 3. The molecule has 0 aromatic heterocycles. The lowest BCUT2D eigenvalue weighted by molar-refractivity contribution is -0.136. The first-order chi connectivity index (χ1) is 10.7. The molecule has 6 heteroatoms. The molecule has 0 unspecified atom stereocenters. The summed E-state index contributed by atoms with van der Waals surface area (Å²) >= 11 is 0. The summed E-state index contributed by atoms with van der Waals surface area (Å²) in [7, 11) is 0. The molecular formula is C16H29N3O3. The first-order valence-electron chi connectivity index (χ1n) is 8.52. The van der Waals surface area contributed by atoms with Crippen molar-refractivity contribution in [2.45, 2.75) is 57.4 Å². The third-order valence-electron chi connectivity index (χ3n) is 4.93. The van der Waals surface area contributed by atoms with E-state index in [1.807, 2.05) is 0 Å². The van der Waals surface area contributed by atoms with E-state index in [9.17, 15) is 9.59 Å². The van der Waals surface area contributed by atoms with Crippen LogP contribution in [0, 0.1) is 5.41 Å². The van der Waals surface area contributed by atoms with E-state index in [1.54, 1.807) is 0 Å². The van der Waals surface area contributed by atoms with Crippen LogP contribution in [0.5, 0.6) is 0 Å². The van der Waals surface area contributed by atoms with Crippen molar-refractivity contribution in [1.82, 2.24) is 10.6 Å². The smallest absolute Gasteiger partial charge is 0.227 e. The maximum Gasteiger partial charge on any atom is 0.227 e. The molecule has 0 spiro atoms. The SMILES string of the molecule is NCC1(C(=O)NCCC(=O)NC2CCCCC2)CCOCC1. The molecular weight excluding hydrogens is 282 g/mol. The summed E-state index contributed by atoms with van der Waals surface area (Å²) in [6.07, 6.45) is 7.47. The molecule has 6 nitrogen and oxygen atoms in total. The Bertz CT molecular complexity index is 375. The van der Waals surface area contributed by atoms with Gasteiger partial charge in [-0.15, -0.1) is 0 Å². The van der Waals surface area contributed by atoms with Crippen LogP contribution in [0.4, 0.5) is 0 Å². The van der Waals surface area contributed by atoms with Gasteiger partial charge in [-0.05, 0) is 25.7 Å². The minimum absolute atomic E-state index is 0.0287. The van der Waals surface area contributed by atoms with Crippen molar-refractivity contribution < 1.29 is 14.3 Å². The number of carbonyl (C=O) groups is 2. The topological polar surface area (TPSA) is 93.5 Å². The van der Waals surface area contributed by atoms with E-state index < -0.39 is 5.41 Å². The number of amides is 2. The summed E-state index contributed by atoms with van der Waals surface area (Å²) in [4.78, 5) is 24.3. The molecule has 0 aromatic rings. The molecule has 1 aliphatic heterocycles. The summed E-state index contributed by atoms with van der Waals surface area (Å²) in [5, 5.41) is 5.94. The summed E-state index contributed by atoms with van der Waals surface area (Å²) in [6.45, 7) is 1.86. The fourth-order valence-electron chi connectivity index (χ4n) is 3.31. The van der Waals surface area contributed by atoms with E-state index in [2.05, 4.69) is 10.6 Å². The average Bonchev–Trinajstić information content (AvgIpc) is 2.56. The standard InChI is InChI=1S/C16H29N3O3/c17-12-16(7-10-22-11-8-16)15(21)18-9-6-14(20)19-13-4-2-1-3-5-13/h13H,1-12,17H2,(H,18,21)(H,19,20). The minimum atomic E-state index is -0.516. The van der Waals surface area contributed by atoms with Crippen molar-refractivity contribution in [2.24, 2.45) is 11.1 Å². The molecule has 1 aliphatic carbocycles. The Hall–Kier alpha value is -1.14. The Labute approximate surface area is 132 Å². The molecule has 1 saturated carbocycles.